The molecule has 2 aliphatic rings. The fourth-order valence-corrected chi connectivity index (χ4v) is 4.59. The molecule has 0 radical (unpaired) electrons. The van der Waals surface area contributed by atoms with Crippen molar-refractivity contribution in [3.05, 3.63) is 78.4 Å². The smallest absolute Gasteiger partial charge is 0.257 e. The van der Waals surface area contributed by atoms with E-state index in [-0.39, 0.29) is 18.0 Å². The van der Waals surface area contributed by atoms with Crippen LogP contribution in [0.5, 0.6) is 5.75 Å². The zero-order valence-electron chi connectivity index (χ0n) is 16.8. The average molecular weight is 412 g/mol. The van der Waals surface area contributed by atoms with Gasteiger partial charge in [0, 0.05) is 12.0 Å². The Bertz CT molecular complexity index is 1310. The minimum Gasteiger partial charge on any atom is -0.497 e. The van der Waals surface area contributed by atoms with Crippen LogP contribution in [0.25, 0.3) is 16.7 Å². The number of likely N-dealkylation sites (tertiary alicyclic amines) is 1. The topological polar surface area (TPSA) is 88.9 Å². The number of aromatic amines is 1. The SMILES string of the molecule is COc1ccc2nc([C@@H]3C[C@H]4C=C[C@H]4N3C(=O)c3ccccc3-n3nccn3)[nH]c2c1. The second-order valence-electron chi connectivity index (χ2n) is 7.84. The molecule has 0 spiro atoms. The Balaban J connectivity index is 1.41. The summed E-state index contributed by atoms with van der Waals surface area (Å²) in [7, 11) is 1.64. The van der Waals surface area contributed by atoms with Gasteiger partial charge in [-0.25, -0.2) is 4.98 Å². The highest BCUT2D eigenvalue weighted by Crippen LogP contribution is 2.46. The maximum Gasteiger partial charge on any atom is 0.257 e. The maximum absolute atomic E-state index is 13.8. The molecule has 0 bridgehead atoms. The number of nitrogens with zero attached hydrogens (tertiary/aromatic N) is 5. The number of hydrogen-bond donors (Lipinski definition) is 1. The van der Waals surface area contributed by atoms with Gasteiger partial charge in [0.2, 0.25) is 0 Å². The number of carbonyl (C=O) groups excluding carboxylic acids is 1. The van der Waals surface area contributed by atoms with E-state index in [9.17, 15) is 4.79 Å². The third kappa shape index (κ3) is 2.75. The van der Waals surface area contributed by atoms with Crippen LogP contribution in [0, 0.1) is 5.92 Å². The fraction of sp³-hybridized carbons (Fsp3) is 0.217. The van der Waals surface area contributed by atoms with Gasteiger partial charge >= 0.3 is 0 Å². The largest absolute Gasteiger partial charge is 0.497 e. The quantitative estimate of drug-likeness (QED) is 0.520. The molecule has 0 saturated carbocycles. The molecule has 8 heteroatoms. The average Bonchev–Trinajstić information content (AvgIpc) is 3.51. The molecule has 1 aliphatic carbocycles. The summed E-state index contributed by atoms with van der Waals surface area (Å²) in [4.78, 5) is 25.5. The molecule has 8 nitrogen and oxygen atoms in total. The molecule has 4 aromatic rings. The summed E-state index contributed by atoms with van der Waals surface area (Å²) < 4.78 is 5.33. The van der Waals surface area contributed by atoms with Crippen LogP contribution in [-0.4, -0.2) is 48.9 Å². The molecule has 2 aromatic heterocycles. The fourth-order valence-electron chi connectivity index (χ4n) is 4.59. The zero-order chi connectivity index (χ0) is 20.9. The molecular formula is C23H20N6O2. The summed E-state index contributed by atoms with van der Waals surface area (Å²) in [5, 5.41) is 8.43. The Kier molecular flexibility index (Phi) is 3.92. The van der Waals surface area contributed by atoms with Crippen molar-refractivity contribution in [2.75, 3.05) is 7.11 Å². The maximum atomic E-state index is 13.8. The Morgan fingerprint density at radius 2 is 1.97 bits per heavy atom. The predicted octanol–water partition coefficient (Wildman–Crippen LogP) is 3.29. The van der Waals surface area contributed by atoms with Gasteiger partial charge in [-0.1, -0.05) is 24.3 Å². The number of rotatable bonds is 4. The zero-order valence-corrected chi connectivity index (χ0v) is 16.8. The first-order valence-corrected chi connectivity index (χ1v) is 10.2. The minimum atomic E-state index is -0.144. The summed E-state index contributed by atoms with van der Waals surface area (Å²) in [5.74, 6) is 1.85. The first-order chi connectivity index (χ1) is 15.2. The number of nitrogens with one attached hydrogen (secondary N) is 1. The van der Waals surface area contributed by atoms with Gasteiger partial charge in [0.15, 0.2) is 0 Å². The van der Waals surface area contributed by atoms with Crippen LogP contribution in [0.3, 0.4) is 0 Å². The Morgan fingerprint density at radius 1 is 1.13 bits per heavy atom. The third-order valence-corrected chi connectivity index (χ3v) is 6.17. The van der Waals surface area contributed by atoms with Gasteiger partial charge in [0.1, 0.15) is 11.6 Å². The van der Waals surface area contributed by atoms with E-state index in [4.69, 9.17) is 9.72 Å². The van der Waals surface area contributed by atoms with Crippen molar-refractivity contribution in [3.8, 4) is 11.4 Å². The van der Waals surface area contributed by atoms with Gasteiger partial charge in [-0.15, -0.1) is 0 Å². The number of imidazole rings is 1. The van der Waals surface area contributed by atoms with E-state index in [1.807, 2.05) is 47.4 Å². The normalized spacial score (nSPS) is 21.8. The van der Waals surface area contributed by atoms with Gasteiger partial charge in [-0.2, -0.15) is 15.0 Å². The lowest BCUT2D eigenvalue weighted by atomic mass is 9.89. The van der Waals surface area contributed by atoms with Crippen molar-refractivity contribution in [1.82, 2.24) is 29.9 Å². The molecule has 1 fully saturated rings. The highest BCUT2D eigenvalue weighted by Gasteiger charge is 2.47. The molecule has 1 saturated heterocycles. The molecular weight excluding hydrogens is 392 g/mol. The van der Waals surface area contributed by atoms with E-state index in [2.05, 4.69) is 27.3 Å². The number of benzene rings is 2. The lowest BCUT2D eigenvalue weighted by Gasteiger charge is -2.32. The van der Waals surface area contributed by atoms with Crippen molar-refractivity contribution in [1.29, 1.82) is 0 Å². The van der Waals surface area contributed by atoms with E-state index in [0.29, 0.717) is 17.2 Å². The Labute approximate surface area is 178 Å². The molecule has 6 rings (SSSR count). The molecule has 31 heavy (non-hydrogen) atoms. The van der Waals surface area contributed by atoms with Crippen molar-refractivity contribution < 1.29 is 9.53 Å². The molecule has 1 N–H and O–H groups in total. The Morgan fingerprint density at radius 3 is 2.74 bits per heavy atom. The van der Waals surface area contributed by atoms with Crippen molar-refractivity contribution in [3.63, 3.8) is 0 Å². The van der Waals surface area contributed by atoms with Crippen LogP contribution in [0.1, 0.15) is 28.6 Å². The first kappa shape index (κ1) is 17.9. The van der Waals surface area contributed by atoms with Crippen LogP contribution in [-0.2, 0) is 0 Å². The predicted molar refractivity (Wildman–Crippen MR) is 114 cm³/mol. The van der Waals surface area contributed by atoms with Crippen LogP contribution >= 0.6 is 0 Å². The summed E-state index contributed by atoms with van der Waals surface area (Å²) in [6.45, 7) is 0. The highest BCUT2D eigenvalue weighted by molar-refractivity contribution is 5.98. The Hall–Kier alpha value is -3.94. The summed E-state index contributed by atoms with van der Waals surface area (Å²) >= 11 is 0. The van der Waals surface area contributed by atoms with Crippen molar-refractivity contribution in [2.45, 2.75) is 18.5 Å². The van der Waals surface area contributed by atoms with Crippen LogP contribution < -0.4 is 4.74 Å². The van der Waals surface area contributed by atoms with Crippen LogP contribution in [0.2, 0.25) is 0 Å². The number of hydrogen-bond acceptors (Lipinski definition) is 5. The number of ether oxygens (including phenoxy) is 1. The lowest BCUT2D eigenvalue weighted by Crippen LogP contribution is -2.41. The van der Waals surface area contributed by atoms with E-state index in [1.165, 1.54) is 4.80 Å². The van der Waals surface area contributed by atoms with Gasteiger partial charge in [-0.3, -0.25) is 4.79 Å². The van der Waals surface area contributed by atoms with Gasteiger partial charge < -0.3 is 14.6 Å². The summed E-state index contributed by atoms with van der Waals surface area (Å²) in [5.41, 5.74) is 2.99. The van der Waals surface area contributed by atoms with E-state index in [0.717, 1.165) is 29.0 Å². The van der Waals surface area contributed by atoms with E-state index >= 15 is 0 Å². The summed E-state index contributed by atoms with van der Waals surface area (Å²) in [6, 6.07) is 13.1. The van der Waals surface area contributed by atoms with Crippen LogP contribution in [0.4, 0.5) is 0 Å². The molecule has 154 valence electrons. The monoisotopic (exact) mass is 412 g/mol. The number of amides is 1. The second-order valence-corrected chi connectivity index (χ2v) is 7.84. The molecule has 0 unspecified atom stereocenters. The van der Waals surface area contributed by atoms with Crippen LogP contribution in [0.15, 0.2) is 67.0 Å². The number of aromatic nitrogens is 5. The van der Waals surface area contributed by atoms with Gasteiger partial charge in [0.25, 0.3) is 5.91 Å². The van der Waals surface area contributed by atoms with Crippen molar-refractivity contribution in [2.24, 2.45) is 5.92 Å². The van der Waals surface area contributed by atoms with Gasteiger partial charge in [-0.05, 0) is 30.7 Å². The van der Waals surface area contributed by atoms with E-state index in [1.54, 1.807) is 19.5 Å². The summed E-state index contributed by atoms with van der Waals surface area (Å²) in [6.07, 6.45) is 8.33. The lowest BCUT2D eigenvalue weighted by molar-refractivity contribution is 0.0676. The first-order valence-electron chi connectivity index (χ1n) is 10.2. The standard InChI is InChI=1S/C23H20N6O2/c1-31-15-7-8-17-18(13-15)27-22(26-17)21-12-14-6-9-19(14)28(21)23(30)16-4-2-3-5-20(16)29-24-10-11-25-29/h2-11,13-14,19,21H,12H2,1H3,(H,26,27)/t14-,19-,21+/m1/s1. The number of methoxy groups -OCH3 is 1. The number of carbonyl (C=O) groups is 1. The van der Waals surface area contributed by atoms with Gasteiger partial charge in [0.05, 0.1) is 53.9 Å². The molecule has 1 amide bonds. The number of H-pyrrole nitrogens is 1. The number of para-hydroxylation sites is 1. The van der Waals surface area contributed by atoms with Crippen molar-refractivity contribution >= 4 is 16.9 Å². The molecule has 1 aliphatic heterocycles. The molecule has 3 atom stereocenters. The highest BCUT2D eigenvalue weighted by atomic mass is 16.5. The van der Waals surface area contributed by atoms with E-state index < -0.39 is 0 Å². The number of fused-ring (bicyclic) bond motifs is 2. The minimum absolute atomic E-state index is 0.0483. The molecule has 2 aromatic carbocycles. The molecule has 3 heterocycles. The second kappa shape index (κ2) is 6.80. The third-order valence-electron chi connectivity index (χ3n) is 6.17.